The lowest BCUT2D eigenvalue weighted by atomic mass is 10.0. The van der Waals surface area contributed by atoms with E-state index >= 15 is 0 Å². The molecule has 7 nitrogen and oxygen atoms in total. The van der Waals surface area contributed by atoms with Crippen molar-refractivity contribution in [1.82, 2.24) is 9.62 Å². The van der Waals surface area contributed by atoms with Crippen molar-refractivity contribution < 1.29 is 32.2 Å². The highest BCUT2D eigenvalue weighted by Gasteiger charge is 2.22. The van der Waals surface area contributed by atoms with Crippen molar-refractivity contribution in [3.63, 3.8) is 0 Å². The number of carboxylic acid groups (broad SMARTS) is 1. The predicted molar refractivity (Wildman–Crippen MR) is 86.5 cm³/mol. The minimum absolute atomic E-state index is 0.0515. The van der Waals surface area contributed by atoms with E-state index in [2.05, 4.69) is 4.72 Å². The zero-order chi connectivity index (χ0) is 18.9. The summed E-state index contributed by atoms with van der Waals surface area (Å²) in [5.41, 5.74) is 0. The second-order valence-electron chi connectivity index (χ2n) is 5.45. The van der Waals surface area contributed by atoms with Crippen LogP contribution in [-0.4, -0.2) is 62.3 Å². The number of sulfonamides is 1. The fourth-order valence-corrected chi connectivity index (χ4v) is 3.64. The Morgan fingerprint density at radius 1 is 1.28 bits per heavy atom. The Morgan fingerprint density at radius 3 is 2.56 bits per heavy atom. The van der Waals surface area contributed by atoms with Gasteiger partial charge in [0.05, 0.1) is 11.5 Å². The van der Waals surface area contributed by atoms with E-state index in [1.165, 1.54) is 0 Å². The van der Waals surface area contributed by atoms with Crippen LogP contribution in [0, 0.1) is 11.6 Å². The zero-order valence-electron chi connectivity index (χ0n) is 13.6. The van der Waals surface area contributed by atoms with E-state index < -0.39 is 21.7 Å². The van der Waals surface area contributed by atoms with Crippen LogP contribution >= 0.6 is 0 Å². The number of hydrogen-bond donors (Lipinski definition) is 3. The van der Waals surface area contributed by atoms with Gasteiger partial charge in [-0.1, -0.05) is 6.42 Å². The van der Waals surface area contributed by atoms with Crippen molar-refractivity contribution in [2.45, 2.75) is 30.2 Å². The van der Waals surface area contributed by atoms with Crippen LogP contribution in [0.3, 0.4) is 0 Å². The van der Waals surface area contributed by atoms with Gasteiger partial charge < -0.3 is 10.2 Å². The van der Waals surface area contributed by atoms with Crippen molar-refractivity contribution >= 4 is 16.5 Å². The minimum Gasteiger partial charge on any atom is -0.483 e. The highest BCUT2D eigenvalue weighted by molar-refractivity contribution is 7.89. The molecule has 1 aromatic rings. The van der Waals surface area contributed by atoms with E-state index in [9.17, 15) is 22.3 Å². The maximum Gasteiger partial charge on any atom is 0.290 e. The number of nitrogens with one attached hydrogen (secondary N) is 1. The number of benzene rings is 1. The molecule has 0 bridgehead atoms. The van der Waals surface area contributed by atoms with Gasteiger partial charge in [-0.3, -0.25) is 9.69 Å². The lowest BCUT2D eigenvalue weighted by molar-refractivity contribution is -0.122. The molecule has 3 N–H and O–H groups in total. The van der Waals surface area contributed by atoms with Crippen molar-refractivity contribution in [2.24, 2.45) is 0 Å². The van der Waals surface area contributed by atoms with Crippen molar-refractivity contribution in [3.05, 3.63) is 29.8 Å². The number of carbonyl (C=O) groups is 1. The summed E-state index contributed by atoms with van der Waals surface area (Å²) in [6.07, 6.45) is 2.97. The van der Waals surface area contributed by atoms with E-state index in [0.29, 0.717) is 12.6 Å². The second-order valence-corrected chi connectivity index (χ2v) is 7.21. The fraction of sp³-hybridized carbons (Fsp3) is 0.533. The van der Waals surface area contributed by atoms with Crippen molar-refractivity contribution in [3.8, 4) is 0 Å². The van der Waals surface area contributed by atoms with Gasteiger partial charge in [-0.2, -0.15) is 0 Å². The molecule has 1 atom stereocenters. The second kappa shape index (κ2) is 10.4. The number of hydrogen-bond acceptors (Lipinski definition) is 5. The number of rotatable bonds is 6. The van der Waals surface area contributed by atoms with Gasteiger partial charge in [0, 0.05) is 19.1 Å². The Balaban J connectivity index is 0.000000970. The number of piperidine rings is 1. The molecule has 25 heavy (non-hydrogen) atoms. The molecule has 0 spiro atoms. The highest BCUT2D eigenvalue weighted by atomic mass is 32.2. The first-order valence-electron chi connectivity index (χ1n) is 7.73. The van der Waals surface area contributed by atoms with Crippen LogP contribution in [0.2, 0.25) is 0 Å². The van der Waals surface area contributed by atoms with Gasteiger partial charge in [-0.25, -0.2) is 21.9 Å². The maximum absolute atomic E-state index is 13.1. The molecule has 1 unspecified atom stereocenters. The first-order chi connectivity index (χ1) is 11.9. The number of aliphatic hydroxyl groups is 1. The normalized spacial score (nSPS) is 18.3. The number of likely N-dealkylation sites (tertiary alicyclic amines) is 1. The molecular weight excluding hydrogens is 358 g/mol. The first-order valence-corrected chi connectivity index (χ1v) is 9.21. The number of aliphatic hydroxyl groups excluding tert-OH is 1. The first kappa shape index (κ1) is 21.4. The Bertz CT molecular complexity index is 657. The van der Waals surface area contributed by atoms with Crippen LogP contribution in [0.25, 0.3) is 0 Å². The number of halogens is 2. The molecule has 0 saturated carbocycles. The summed E-state index contributed by atoms with van der Waals surface area (Å²) in [6, 6.07) is 2.53. The molecular formula is C15H22F2N2O5S. The largest absolute Gasteiger partial charge is 0.483 e. The Morgan fingerprint density at radius 2 is 1.96 bits per heavy atom. The summed E-state index contributed by atoms with van der Waals surface area (Å²) in [5, 5.41) is 16.2. The SMILES string of the molecule is O=CO.O=S(=O)(NCCN1CCCCC1CO)c1ccc(F)c(F)c1. The molecule has 2 rings (SSSR count). The Kier molecular flexibility index (Phi) is 8.90. The van der Waals surface area contributed by atoms with Crippen LogP contribution in [-0.2, 0) is 14.8 Å². The topological polar surface area (TPSA) is 107 Å². The molecule has 1 fully saturated rings. The van der Waals surface area contributed by atoms with E-state index in [4.69, 9.17) is 9.90 Å². The average molecular weight is 380 g/mol. The van der Waals surface area contributed by atoms with Gasteiger partial charge >= 0.3 is 0 Å². The van der Waals surface area contributed by atoms with Crippen LogP contribution in [0.5, 0.6) is 0 Å². The zero-order valence-corrected chi connectivity index (χ0v) is 14.4. The smallest absolute Gasteiger partial charge is 0.290 e. The summed E-state index contributed by atoms with van der Waals surface area (Å²) < 4.78 is 52.4. The molecule has 0 aromatic heterocycles. The standard InChI is InChI=1S/C14H20F2N2O3S.CH2O2/c15-13-5-4-12(9-14(13)16)22(20,21)17-6-8-18-7-2-1-3-11(18)10-19;2-1-3/h4-5,9,11,17,19H,1-3,6-8,10H2;1H,(H,2,3). The lowest BCUT2D eigenvalue weighted by Crippen LogP contribution is -2.45. The molecule has 0 aliphatic carbocycles. The molecule has 1 saturated heterocycles. The molecule has 1 aromatic carbocycles. The Hall–Kier alpha value is -1.62. The van der Waals surface area contributed by atoms with Crippen LogP contribution in [0.1, 0.15) is 19.3 Å². The van der Waals surface area contributed by atoms with E-state index in [1.54, 1.807) is 0 Å². The number of nitrogens with zero attached hydrogens (tertiary/aromatic N) is 1. The van der Waals surface area contributed by atoms with Gasteiger partial charge in [0.25, 0.3) is 6.47 Å². The predicted octanol–water partition coefficient (Wildman–Crippen LogP) is 0.791. The molecule has 1 aliphatic rings. The third-order valence-corrected chi connectivity index (χ3v) is 5.31. The fourth-order valence-electron chi connectivity index (χ4n) is 2.61. The van der Waals surface area contributed by atoms with Crippen LogP contribution < -0.4 is 4.72 Å². The monoisotopic (exact) mass is 380 g/mol. The van der Waals surface area contributed by atoms with E-state index in [0.717, 1.165) is 37.9 Å². The van der Waals surface area contributed by atoms with Gasteiger partial charge in [-0.15, -0.1) is 0 Å². The third-order valence-electron chi connectivity index (χ3n) is 3.85. The van der Waals surface area contributed by atoms with Gasteiger partial charge in [0.2, 0.25) is 10.0 Å². The lowest BCUT2D eigenvalue weighted by Gasteiger charge is -2.34. The van der Waals surface area contributed by atoms with Crippen LogP contribution in [0.15, 0.2) is 23.1 Å². The highest BCUT2D eigenvalue weighted by Crippen LogP contribution is 2.16. The van der Waals surface area contributed by atoms with Crippen molar-refractivity contribution in [2.75, 3.05) is 26.2 Å². The summed E-state index contributed by atoms with van der Waals surface area (Å²) in [4.78, 5) is 10.1. The Labute approximate surface area is 145 Å². The molecule has 0 amide bonds. The van der Waals surface area contributed by atoms with Crippen LogP contribution in [0.4, 0.5) is 8.78 Å². The van der Waals surface area contributed by atoms with E-state index in [-0.39, 0.29) is 30.6 Å². The summed E-state index contributed by atoms with van der Waals surface area (Å²) in [5.74, 6) is -2.28. The molecule has 142 valence electrons. The maximum atomic E-state index is 13.1. The molecule has 0 radical (unpaired) electrons. The summed E-state index contributed by atoms with van der Waals surface area (Å²) in [7, 11) is -3.87. The third kappa shape index (κ3) is 6.65. The van der Waals surface area contributed by atoms with Gasteiger partial charge in [0.1, 0.15) is 0 Å². The molecule has 10 heteroatoms. The van der Waals surface area contributed by atoms with Crippen molar-refractivity contribution in [1.29, 1.82) is 0 Å². The van der Waals surface area contributed by atoms with Gasteiger partial charge in [0.15, 0.2) is 11.6 Å². The van der Waals surface area contributed by atoms with Gasteiger partial charge in [-0.05, 0) is 37.6 Å². The molecule has 1 aliphatic heterocycles. The van der Waals surface area contributed by atoms with E-state index in [1.807, 2.05) is 4.90 Å². The average Bonchev–Trinajstić information content (AvgIpc) is 2.58. The minimum atomic E-state index is -3.87. The molecule has 1 heterocycles. The summed E-state index contributed by atoms with van der Waals surface area (Å²) in [6.45, 7) is 1.24. The quantitative estimate of drug-likeness (QED) is 0.630. The summed E-state index contributed by atoms with van der Waals surface area (Å²) >= 11 is 0.